The van der Waals surface area contributed by atoms with Crippen LogP contribution in [0.15, 0.2) is 24.4 Å². The molecule has 1 rings (SSSR count). The molecule has 0 spiro atoms. The van der Waals surface area contributed by atoms with Crippen LogP contribution in [0.5, 0.6) is 0 Å². The van der Waals surface area contributed by atoms with Crippen molar-refractivity contribution in [3.63, 3.8) is 0 Å². The fraction of sp³-hybridized carbons (Fsp3) is 0.400. The molecule has 1 aromatic rings. The lowest BCUT2D eigenvalue weighted by molar-refractivity contribution is -0.158. The SMILES string of the molecule is COC(=O)C[C@H](C(=O)OC)[C@@H](NC(=O)c1ccccn1)C(=O)OC. The molecule has 24 heavy (non-hydrogen) atoms. The first-order chi connectivity index (χ1) is 11.4. The number of amides is 1. The molecular weight excluding hydrogens is 320 g/mol. The Morgan fingerprint density at radius 1 is 1.04 bits per heavy atom. The van der Waals surface area contributed by atoms with Gasteiger partial charge in [0.25, 0.3) is 5.91 Å². The van der Waals surface area contributed by atoms with Crippen molar-refractivity contribution in [1.82, 2.24) is 10.3 Å². The van der Waals surface area contributed by atoms with Crippen LogP contribution in [-0.2, 0) is 28.6 Å². The van der Waals surface area contributed by atoms with Gasteiger partial charge in [-0.3, -0.25) is 19.4 Å². The van der Waals surface area contributed by atoms with E-state index in [4.69, 9.17) is 0 Å². The van der Waals surface area contributed by atoms with Crippen LogP contribution in [0.25, 0.3) is 0 Å². The lowest BCUT2D eigenvalue weighted by Crippen LogP contribution is -2.50. The first-order valence-electron chi connectivity index (χ1n) is 6.89. The molecule has 0 aromatic carbocycles. The average molecular weight is 338 g/mol. The molecule has 0 radical (unpaired) electrons. The fourth-order valence-corrected chi connectivity index (χ4v) is 1.91. The van der Waals surface area contributed by atoms with Crippen molar-refractivity contribution >= 4 is 23.8 Å². The Morgan fingerprint density at radius 3 is 2.21 bits per heavy atom. The molecule has 0 saturated carbocycles. The van der Waals surface area contributed by atoms with Gasteiger partial charge in [-0.1, -0.05) is 6.07 Å². The second kappa shape index (κ2) is 9.23. The van der Waals surface area contributed by atoms with E-state index in [0.717, 1.165) is 21.3 Å². The number of carbonyl (C=O) groups is 4. The molecule has 2 atom stereocenters. The summed E-state index contributed by atoms with van der Waals surface area (Å²) in [5.74, 6) is -4.52. The van der Waals surface area contributed by atoms with E-state index >= 15 is 0 Å². The number of nitrogens with one attached hydrogen (secondary N) is 1. The number of ether oxygens (including phenoxy) is 3. The van der Waals surface area contributed by atoms with Crippen molar-refractivity contribution in [2.24, 2.45) is 5.92 Å². The predicted octanol–water partition coefficient (Wildman–Crippen LogP) is -0.295. The maximum atomic E-state index is 12.2. The molecule has 0 aliphatic heterocycles. The summed E-state index contributed by atoms with van der Waals surface area (Å²) in [5.41, 5.74) is 0.0353. The van der Waals surface area contributed by atoms with E-state index in [1.165, 1.54) is 12.3 Å². The van der Waals surface area contributed by atoms with Crippen molar-refractivity contribution in [1.29, 1.82) is 0 Å². The van der Waals surface area contributed by atoms with E-state index in [0.29, 0.717) is 0 Å². The van der Waals surface area contributed by atoms with Gasteiger partial charge >= 0.3 is 17.9 Å². The van der Waals surface area contributed by atoms with Gasteiger partial charge in [0.1, 0.15) is 11.7 Å². The Balaban J connectivity index is 3.07. The van der Waals surface area contributed by atoms with Gasteiger partial charge in [-0.05, 0) is 12.1 Å². The molecular formula is C15H18N2O7. The first kappa shape index (κ1) is 19.1. The average Bonchev–Trinajstić information content (AvgIpc) is 2.63. The number of nitrogens with zero attached hydrogens (tertiary/aromatic N) is 1. The Hall–Kier alpha value is -2.97. The molecule has 9 nitrogen and oxygen atoms in total. The van der Waals surface area contributed by atoms with Gasteiger partial charge in [0, 0.05) is 6.20 Å². The maximum Gasteiger partial charge on any atom is 0.329 e. The zero-order valence-electron chi connectivity index (χ0n) is 13.5. The molecule has 0 saturated heterocycles. The van der Waals surface area contributed by atoms with E-state index in [1.807, 2.05) is 0 Å². The zero-order chi connectivity index (χ0) is 18.1. The number of aromatic nitrogens is 1. The summed E-state index contributed by atoms with van der Waals surface area (Å²) >= 11 is 0. The van der Waals surface area contributed by atoms with E-state index in [9.17, 15) is 19.2 Å². The van der Waals surface area contributed by atoms with E-state index in [2.05, 4.69) is 24.5 Å². The van der Waals surface area contributed by atoms with Gasteiger partial charge in [0.15, 0.2) is 0 Å². The number of hydrogen-bond donors (Lipinski definition) is 1. The monoisotopic (exact) mass is 338 g/mol. The molecule has 1 N–H and O–H groups in total. The minimum Gasteiger partial charge on any atom is -0.469 e. The van der Waals surface area contributed by atoms with Crippen LogP contribution in [0.3, 0.4) is 0 Å². The fourth-order valence-electron chi connectivity index (χ4n) is 1.91. The van der Waals surface area contributed by atoms with Crippen LogP contribution in [0, 0.1) is 5.92 Å². The van der Waals surface area contributed by atoms with E-state index in [1.54, 1.807) is 12.1 Å². The van der Waals surface area contributed by atoms with Crippen LogP contribution in [-0.4, -0.2) is 56.2 Å². The molecule has 9 heteroatoms. The number of esters is 3. The van der Waals surface area contributed by atoms with Crippen LogP contribution in [0.4, 0.5) is 0 Å². The molecule has 0 aliphatic carbocycles. The minimum absolute atomic E-state index is 0.0353. The van der Waals surface area contributed by atoms with Crippen molar-refractivity contribution < 1.29 is 33.4 Å². The largest absolute Gasteiger partial charge is 0.469 e. The smallest absolute Gasteiger partial charge is 0.329 e. The first-order valence-corrected chi connectivity index (χ1v) is 6.89. The quantitative estimate of drug-likeness (QED) is 0.531. The van der Waals surface area contributed by atoms with Crippen LogP contribution < -0.4 is 5.32 Å². The Kier molecular flexibility index (Phi) is 7.34. The number of carbonyl (C=O) groups excluding carboxylic acids is 4. The number of pyridine rings is 1. The second-order valence-corrected chi connectivity index (χ2v) is 4.60. The molecule has 0 bridgehead atoms. The summed E-state index contributed by atoms with van der Waals surface area (Å²) in [4.78, 5) is 51.5. The van der Waals surface area contributed by atoms with Gasteiger partial charge in [-0.15, -0.1) is 0 Å². The summed E-state index contributed by atoms with van der Waals surface area (Å²) in [6.45, 7) is 0. The summed E-state index contributed by atoms with van der Waals surface area (Å²) in [6, 6.07) is 3.19. The van der Waals surface area contributed by atoms with Crippen molar-refractivity contribution in [2.75, 3.05) is 21.3 Å². The Labute approximate surface area is 138 Å². The summed E-state index contributed by atoms with van der Waals surface area (Å²) < 4.78 is 13.7. The number of methoxy groups -OCH3 is 3. The molecule has 1 aromatic heterocycles. The van der Waals surface area contributed by atoms with Crippen LogP contribution >= 0.6 is 0 Å². The van der Waals surface area contributed by atoms with Crippen LogP contribution in [0.2, 0.25) is 0 Å². The third kappa shape index (κ3) is 5.04. The van der Waals surface area contributed by atoms with E-state index in [-0.39, 0.29) is 5.69 Å². The van der Waals surface area contributed by atoms with Gasteiger partial charge in [0.2, 0.25) is 0 Å². The third-order valence-electron chi connectivity index (χ3n) is 3.16. The number of hydrogen-bond acceptors (Lipinski definition) is 8. The van der Waals surface area contributed by atoms with E-state index < -0.39 is 42.2 Å². The summed E-state index contributed by atoms with van der Waals surface area (Å²) in [5, 5.41) is 2.34. The molecule has 1 heterocycles. The van der Waals surface area contributed by atoms with Crippen molar-refractivity contribution in [2.45, 2.75) is 12.5 Å². The zero-order valence-corrected chi connectivity index (χ0v) is 13.5. The number of rotatable bonds is 7. The lowest BCUT2D eigenvalue weighted by atomic mass is 9.95. The molecule has 1 amide bonds. The van der Waals surface area contributed by atoms with Gasteiger partial charge in [-0.25, -0.2) is 4.79 Å². The third-order valence-corrected chi connectivity index (χ3v) is 3.16. The molecule has 130 valence electrons. The van der Waals surface area contributed by atoms with Crippen molar-refractivity contribution in [3.05, 3.63) is 30.1 Å². The highest BCUT2D eigenvalue weighted by molar-refractivity contribution is 5.97. The topological polar surface area (TPSA) is 121 Å². The van der Waals surface area contributed by atoms with Gasteiger partial charge < -0.3 is 19.5 Å². The van der Waals surface area contributed by atoms with Crippen LogP contribution in [0.1, 0.15) is 16.9 Å². The Bertz CT molecular complexity index is 603. The van der Waals surface area contributed by atoms with Crippen molar-refractivity contribution in [3.8, 4) is 0 Å². The normalized spacial score (nSPS) is 12.5. The summed E-state index contributed by atoms with van der Waals surface area (Å²) in [6.07, 6.45) is 0.930. The molecule has 0 unspecified atom stereocenters. The highest BCUT2D eigenvalue weighted by Gasteiger charge is 2.38. The lowest BCUT2D eigenvalue weighted by Gasteiger charge is -2.23. The maximum absolute atomic E-state index is 12.2. The highest BCUT2D eigenvalue weighted by Crippen LogP contribution is 2.15. The highest BCUT2D eigenvalue weighted by atomic mass is 16.5. The second-order valence-electron chi connectivity index (χ2n) is 4.60. The molecule has 0 fully saturated rings. The minimum atomic E-state index is -1.43. The van der Waals surface area contributed by atoms with Gasteiger partial charge in [0.05, 0.1) is 33.7 Å². The predicted molar refractivity (Wildman–Crippen MR) is 79.6 cm³/mol. The Morgan fingerprint density at radius 2 is 1.71 bits per heavy atom. The summed E-state index contributed by atoms with van der Waals surface area (Å²) in [7, 11) is 3.33. The standard InChI is InChI=1S/C15H18N2O7/c1-22-11(18)8-9(14(20)23-2)12(15(21)24-3)17-13(19)10-6-4-5-7-16-10/h4-7,9,12H,8H2,1-3H3,(H,17,19)/t9-,12+/m0/s1. The molecule has 0 aliphatic rings. The van der Waals surface area contributed by atoms with Gasteiger partial charge in [-0.2, -0.15) is 0 Å².